The number of hydrogen-bond acceptors (Lipinski definition) is 4. The molecular weight excluding hydrogens is 196 g/mol. The van der Waals surface area contributed by atoms with E-state index in [0.717, 1.165) is 5.69 Å². The lowest BCUT2D eigenvalue weighted by Crippen LogP contribution is -2.34. The number of carbonyl (C=O) groups is 1. The average molecular weight is 208 g/mol. The number of nitrogens with zero attached hydrogens (tertiary/aromatic N) is 1. The highest BCUT2D eigenvalue weighted by Gasteiger charge is 2.14. The third kappa shape index (κ3) is 2.81. The molecule has 0 aliphatic rings. The van der Waals surface area contributed by atoms with Gasteiger partial charge in [-0.1, -0.05) is 13.2 Å². The van der Waals surface area contributed by atoms with Gasteiger partial charge >= 0.3 is 0 Å². The Morgan fingerprint density at radius 1 is 1.71 bits per heavy atom. The van der Waals surface area contributed by atoms with Gasteiger partial charge in [0.15, 0.2) is 5.78 Å². The second-order valence-corrected chi connectivity index (χ2v) is 3.43. The summed E-state index contributed by atoms with van der Waals surface area (Å²) in [6.07, 6.45) is 3.40. The lowest BCUT2D eigenvalue weighted by molar-refractivity contribution is -0.116. The third-order valence-electron chi connectivity index (χ3n) is 1.76. The van der Waals surface area contributed by atoms with Crippen LogP contribution in [0.1, 0.15) is 5.69 Å². The van der Waals surface area contributed by atoms with Crippen LogP contribution in [0, 0.1) is 0 Å². The van der Waals surface area contributed by atoms with E-state index in [4.69, 9.17) is 0 Å². The maximum absolute atomic E-state index is 11.4. The number of ketones is 1. The highest BCUT2D eigenvalue weighted by molar-refractivity contribution is 7.07. The van der Waals surface area contributed by atoms with Crippen LogP contribution < -0.4 is 5.32 Å². The molecule has 0 saturated carbocycles. The van der Waals surface area contributed by atoms with Crippen molar-refractivity contribution >= 4 is 17.1 Å². The standard InChI is InChI=1S/C10H12N2OS/c1-3-10(13)9(11-4-2)5-8-6-14-7-12-8/h3-4,6-7,9,11H,1-2,5H2/t9-/m0/s1. The first-order valence-electron chi connectivity index (χ1n) is 4.18. The highest BCUT2D eigenvalue weighted by Crippen LogP contribution is 2.05. The maximum atomic E-state index is 11.4. The normalized spacial score (nSPS) is 11.7. The zero-order valence-electron chi connectivity index (χ0n) is 7.77. The van der Waals surface area contributed by atoms with E-state index in [1.165, 1.54) is 23.6 Å². The van der Waals surface area contributed by atoms with Crippen molar-refractivity contribution < 1.29 is 4.79 Å². The van der Waals surface area contributed by atoms with Crippen LogP contribution in [-0.2, 0) is 11.2 Å². The highest BCUT2D eigenvalue weighted by atomic mass is 32.1. The summed E-state index contributed by atoms with van der Waals surface area (Å²) in [6.45, 7) is 6.98. The molecule has 0 spiro atoms. The smallest absolute Gasteiger partial charge is 0.177 e. The van der Waals surface area contributed by atoms with E-state index in [0.29, 0.717) is 6.42 Å². The molecular formula is C10H12N2OS. The van der Waals surface area contributed by atoms with Crippen LogP contribution in [0.15, 0.2) is 36.3 Å². The zero-order valence-corrected chi connectivity index (χ0v) is 8.59. The quantitative estimate of drug-likeness (QED) is 0.721. The molecule has 0 amide bonds. The summed E-state index contributed by atoms with van der Waals surface area (Å²) in [5, 5.41) is 4.80. The van der Waals surface area contributed by atoms with E-state index < -0.39 is 0 Å². The van der Waals surface area contributed by atoms with Crippen molar-refractivity contribution in [3.63, 3.8) is 0 Å². The van der Waals surface area contributed by atoms with Crippen LogP contribution in [-0.4, -0.2) is 16.8 Å². The minimum Gasteiger partial charge on any atom is -0.381 e. The van der Waals surface area contributed by atoms with Gasteiger partial charge < -0.3 is 5.32 Å². The van der Waals surface area contributed by atoms with Gasteiger partial charge in [0, 0.05) is 11.8 Å². The van der Waals surface area contributed by atoms with Crippen LogP contribution >= 0.6 is 11.3 Å². The minimum atomic E-state index is -0.299. The van der Waals surface area contributed by atoms with Gasteiger partial charge in [-0.3, -0.25) is 4.79 Å². The van der Waals surface area contributed by atoms with Crippen LogP contribution in [0.4, 0.5) is 0 Å². The molecule has 0 aromatic carbocycles. The molecule has 0 saturated heterocycles. The molecule has 1 heterocycles. The van der Waals surface area contributed by atoms with Gasteiger partial charge in [0.25, 0.3) is 0 Å². The van der Waals surface area contributed by atoms with Crippen molar-refractivity contribution in [2.24, 2.45) is 0 Å². The van der Waals surface area contributed by atoms with Crippen molar-refractivity contribution in [3.05, 3.63) is 42.0 Å². The van der Waals surface area contributed by atoms with Gasteiger partial charge in [0.1, 0.15) is 0 Å². The van der Waals surface area contributed by atoms with Crippen LogP contribution in [0.5, 0.6) is 0 Å². The first-order chi connectivity index (χ1) is 6.77. The number of carbonyl (C=O) groups excluding carboxylic acids is 1. The average Bonchev–Trinajstić information content (AvgIpc) is 2.68. The molecule has 1 aromatic rings. The first-order valence-corrected chi connectivity index (χ1v) is 5.12. The monoisotopic (exact) mass is 208 g/mol. The van der Waals surface area contributed by atoms with Crippen molar-refractivity contribution in [2.75, 3.05) is 0 Å². The largest absolute Gasteiger partial charge is 0.381 e. The fourth-order valence-electron chi connectivity index (χ4n) is 1.07. The van der Waals surface area contributed by atoms with E-state index in [1.54, 1.807) is 5.51 Å². The van der Waals surface area contributed by atoms with E-state index in [2.05, 4.69) is 23.5 Å². The van der Waals surface area contributed by atoms with Crippen molar-refractivity contribution in [3.8, 4) is 0 Å². The van der Waals surface area contributed by atoms with E-state index in [9.17, 15) is 4.79 Å². The summed E-state index contributed by atoms with van der Waals surface area (Å²) in [6, 6.07) is -0.299. The zero-order chi connectivity index (χ0) is 10.4. The molecule has 0 fully saturated rings. The molecule has 0 aliphatic heterocycles. The molecule has 0 bridgehead atoms. The molecule has 0 unspecified atom stereocenters. The Bertz CT molecular complexity index is 319. The molecule has 14 heavy (non-hydrogen) atoms. The summed E-state index contributed by atoms with van der Waals surface area (Å²) in [5.74, 6) is -0.0436. The Labute approximate surface area is 87.2 Å². The van der Waals surface area contributed by atoms with Crippen molar-refractivity contribution in [1.29, 1.82) is 0 Å². The molecule has 74 valence electrons. The van der Waals surface area contributed by atoms with Gasteiger partial charge in [-0.2, -0.15) is 0 Å². The van der Waals surface area contributed by atoms with Crippen LogP contribution in [0.25, 0.3) is 0 Å². The van der Waals surface area contributed by atoms with Gasteiger partial charge in [-0.05, 0) is 12.3 Å². The van der Waals surface area contributed by atoms with E-state index in [1.807, 2.05) is 5.38 Å². The summed E-state index contributed by atoms with van der Waals surface area (Å²) in [4.78, 5) is 15.5. The predicted octanol–water partition coefficient (Wildman–Crippen LogP) is 1.54. The number of aromatic nitrogens is 1. The molecule has 1 N–H and O–H groups in total. The van der Waals surface area contributed by atoms with Crippen LogP contribution in [0.2, 0.25) is 0 Å². The predicted molar refractivity (Wildman–Crippen MR) is 58.1 cm³/mol. The Morgan fingerprint density at radius 3 is 3.00 bits per heavy atom. The van der Waals surface area contributed by atoms with Crippen molar-refractivity contribution in [2.45, 2.75) is 12.5 Å². The Kier molecular flexibility index (Phi) is 4.07. The molecule has 0 aliphatic carbocycles. The van der Waals surface area contributed by atoms with Gasteiger partial charge in [-0.25, -0.2) is 4.98 Å². The fourth-order valence-corrected chi connectivity index (χ4v) is 1.64. The summed E-state index contributed by atoms with van der Waals surface area (Å²) in [5.41, 5.74) is 2.66. The second kappa shape index (κ2) is 5.34. The Balaban J connectivity index is 2.64. The molecule has 3 nitrogen and oxygen atoms in total. The minimum absolute atomic E-state index is 0.0436. The van der Waals surface area contributed by atoms with Gasteiger partial charge in [-0.15, -0.1) is 11.3 Å². The fraction of sp³-hybridized carbons (Fsp3) is 0.200. The summed E-state index contributed by atoms with van der Waals surface area (Å²) < 4.78 is 0. The molecule has 1 atom stereocenters. The van der Waals surface area contributed by atoms with Crippen LogP contribution in [0.3, 0.4) is 0 Å². The Morgan fingerprint density at radius 2 is 2.50 bits per heavy atom. The van der Waals surface area contributed by atoms with Crippen molar-refractivity contribution in [1.82, 2.24) is 10.3 Å². The number of hydrogen-bond donors (Lipinski definition) is 1. The molecule has 4 heteroatoms. The maximum Gasteiger partial charge on any atom is 0.177 e. The molecule has 1 rings (SSSR count). The number of nitrogens with one attached hydrogen (secondary N) is 1. The lowest BCUT2D eigenvalue weighted by atomic mass is 10.1. The summed E-state index contributed by atoms with van der Waals surface area (Å²) in [7, 11) is 0. The van der Waals surface area contributed by atoms with E-state index in [-0.39, 0.29) is 11.8 Å². The van der Waals surface area contributed by atoms with Gasteiger partial charge in [0.2, 0.25) is 0 Å². The lowest BCUT2D eigenvalue weighted by Gasteiger charge is -2.12. The first kappa shape index (κ1) is 10.7. The summed E-state index contributed by atoms with van der Waals surface area (Å²) >= 11 is 1.52. The topological polar surface area (TPSA) is 42.0 Å². The number of thiazole rings is 1. The van der Waals surface area contributed by atoms with E-state index >= 15 is 0 Å². The van der Waals surface area contributed by atoms with Gasteiger partial charge in [0.05, 0.1) is 17.2 Å². The second-order valence-electron chi connectivity index (χ2n) is 2.71. The Hall–Kier alpha value is -1.42. The SMILES string of the molecule is C=CN[C@@H](Cc1cscn1)C(=O)C=C. The third-order valence-corrected chi connectivity index (χ3v) is 2.40. The molecule has 1 aromatic heterocycles. The number of rotatable bonds is 6. The molecule has 0 radical (unpaired) electrons.